The minimum atomic E-state index is -5.46. The van der Waals surface area contributed by atoms with Gasteiger partial charge in [-0.1, -0.05) is 5.92 Å². The molecular weight excluding hydrogens is 646 g/mol. The fraction of sp³-hybridized carbons (Fsp3) is 0.600. The lowest BCUT2D eigenvalue weighted by molar-refractivity contribution is -0.292. The van der Waals surface area contributed by atoms with E-state index >= 15 is 0 Å². The van der Waals surface area contributed by atoms with Crippen LogP contribution in [0.5, 0.6) is 0 Å². The van der Waals surface area contributed by atoms with E-state index in [1.165, 1.54) is 17.7 Å². The number of ether oxygens (including phenoxy) is 2. The van der Waals surface area contributed by atoms with Crippen LogP contribution in [0.15, 0.2) is 11.7 Å². The van der Waals surface area contributed by atoms with Gasteiger partial charge in [0, 0.05) is 5.56 Å². The second-order valence-corrected chi connectivity index (χ2v) is 14.6. The van der Waals surface area contributed by atoms with Crippen LogP contribution in [0.25, 0.3) is 10.2 Å². The first kappa shape index (κ1) is 33.6. The largest absolute Gasteiger partial charge is 0.481 e. The van der Waals surface area contributed by atoms with E-state index in [1.54, 1.807) is 5.38 Å². The summed E-state index contributed by atoms with van der Waals surface area (Å²) in [5.74, 6) is 2.50. The molecule has 4 heterocycles. The van der Waals surface area contributed by atoms with Gasteiger partial charge in [0.25, 0.3) is 0 Å². The monoisotopic (exact) mass is 674 g/mol. The molecule has 0 amide bonds. The van der Waals surface area contributed by atoms with E-state index in [0.717, 1.165) is 0 Å². The number of hydrogen-bond acceptors (Lipinski definition) is 18. The number of nitrogens with two attached hydrogens (primary N) is 2. The van der Waals surface area contributed by atoms with Gasteiger partial charge in [-0.25, -0.2) is 18.8 Å². The van der Waals surface area contributed by atoms with E-state index in [1.807, 2.05) is 0 Å². The van der Waals surface area contributed by atoms with Gasteiger partial charge in [-0.3, -0.25) is 4.52 Å². The summed E-state index contributed by atoms with van der Waals surface area (Å²) in [5.41, 5.74) is 11.1. The molecule has 0 aromatic carbocycles. The molecule has 2 aliphatic rings. The van der Waals surface area contributed by atoms with Crippen molar-refractivity contribution in [1.82, 2.24) is 9.97 Å². The number of nitrogens with zero attached hydrogens (tertiary/aromatic N) is 2. The maximum absolute atomic E-state index is 12.6. The summed E-state index contributed by atoms with van der Waals surface area (Å²) in [6, 6.07) is 0. The highest BCUT2D eigenvalue weighted by Gasteiger charge is 2.55. The number of fused-ring (bicyclic) bond motifs is 1. The van der Waals surface area contributed by atoms with E-state index in [-0.39, 0.29) is 5.82 Å². The Hall–Kier alpha value is -1.28. The maximum Gasteiger partial charge on any atom is 0.481 e. The first-order chi connectivity index (χ1) is 19.5. The first-order valence-corrected chi connectivity index (χ1v) is 16.8. The highest BCUT2D eigenvalue weighted by molar-refractivity contribution is 8.08. The van der Waals surface area contributed by atoms with Crippen molar-refractivity contribution in [2.75, 3.05) is 18.9 Å². The van der Waals surface area contributed by atoms with Crippen LogP contribution in [0, 0.1) is 12.3 Å². The maximum atomic E-state index is 12.6. The third-order valence-electron chi connectivity index (χ3n) is 6.55. The Morgan fingerprint density at radius 2 is 1.90 bits per heavy atom. The van der Waals surface area contributed by atoms with Crippen LogP contribution in [0.1, 0.15) is 11.7 Å². The minimum absolute atomic E-state index is 0.198. The number of phosphoric acid groups is 1. The summed E-state index contributed by atoms with van der Waals surface area (Å²) >= 11 is 5.95. The smallest absolute Gasteiger partial charge is 0.394 e. The zero-order chi connectivity index (χ0) is 31.2. The van der Waals surface area contributed by atoms with Crippen LogP contribution in [-0.4, -0.2) is 118 Å². The highest BCUT2D eigenvalue weighted by Crippen LogP contribution is 2.62. The number of aliphatic hydroxyl groups is 6. The van der Waals surface area contributed by atoms with Crippen LogP contribution in [0.4, 0.5) is 5.82 Å². The SMILES string of the molecule is C#C[C@@]1(N)[C@H](O)[C@@H](COP(O)(=S)OP(=O)(O)OC2OC([C@@H](O)CO)C(O)C(O)C2O)O[C@H]1c1csc2c(N)ncnc12. The number of anilines is 1. The average molecular weight is 675 g/mol. The molecule has 0 saturated carbocycles. The van der Waals surface area contributed by atoms with E-state index in [9.17, 15) is 39.9 Å². The van der Waals surface area contributed by atoms with Crippen molar-refractivity contribution in [2.24, 2.45) is 5.73 Å². The molecule has 7 unspecified atom stereocenters. The number of terminal acetylenes is 1. The second kappa shape index (κ2) is 12.6. The second-order valence-electron chi connectivity index (χ2n) is 9.32. The molecule has 42 heavy (non-hydrogen) atoms. The summed E-state index contributed by atoms with van der Waals surface area (Å²) < 4.78 is 38.3. The molecule has 234 valence electrons. The molecule has 12 N–H and O–H groups in total. The van der Waals surface area contributed by atoms with E-state index in [2.05, 4.69) is 24.7 Å². The molecule has 2 aromatic heterocycles. The molecule has 22 heteroatoms. The molecule has 2 aliphatic heterocycles. The molecule has 12 atom stereocenters. The van der Waals surface area contributed by atoms with Gasteiger partial charge in [0.1, 0.15) is 66.5 Å². The molecule has 2 fully saturated rings. The molecule has 0 bridgehead atoms. The number of thiophene rings is 1. The third-order valence-corrected chi connectivity index (χ3v) is 11.1. The average Bonchev–Trinajstić information content (AvgIpc) is 3.46. The Kier molecular flexibility index (Phi) is 10.1. The first-order valence-electron chi connectivity index (χ1n) is 11.8. The summed E-state index contributed by atoms with van der Waals surface area (Å²) in [7, 11) is -5.46. The number of nitrogen functional groups attached to an aromatic ring is 1. The van der Waals surface area contributed by atoms with Crippen LogP contribution < -0.4 is 11.5 Å². The predicted octanol–water partition coefficient (Wildman–Crippen LogP) is -3.07. The Labute approximate surface area is 246 Å². The highest BCUT2D eigenvalue weighted by atomic mass is 32.5. The zero-order valence-corrected chi connectivity index (χ0v) is 24.6. The van der Waals surface area contributed by atoms with Crippen molar-refractivity contribution in [1.29, 1.82) is 0 Å². The number of aliphatic hydroxyl groups excluding tert-OH is 6. The van der Waals surface area contributed by atoms with Crippen LogP contribution in [0.2, 0.25) is 0 Å². The molecule has 0 aliphatic carbocycles. The van der Waals surface area contributed by atoms with Gasteiger partial charge in [0.2, 0.25) is 0 Å². The lowest BCUT2D eigenvalue weighted by Gasteiger charge is -2.41. The normalized spacial score (nSPS) is 37.1. The van der Waals surface area contributed by atoms with Gasteiger partial charge in [0.05, 0.1) is 23.4 Å². The summed E-state index contributed by atoms with van der Waals surface area (Å²) in [6.07, 6.45) is -9.08. The van der Waals surface area contributed by atoms with Crippen LogP contribution >= 0.6 is 25.9 Å². The summed E-state index contributed by atoms with van der Waals surface area (Å²) in [6.45, 7) is -6.38. The Morgan fingerprint density at radius 1 is 1.21 bits per heavy atom. The van der Waals surface area contributed by atoms with Crippen molar-refractivity contribution in [3.05, 3.63) is 17.3 Å². The van der Waals surface area contributed by atoms with Crippen molar-refractivity contribution >= 4 is 53.7 Å². The number of rotatable bonds is 10. The fourth-order valence-corrected chi connectivity index (χ4v) is 8.41. The van der Waals surface area contributed by atoms with Crippen molar-refractivity contribution < 1.29 is 67.8 Å². The minimum Gasteiger partial charge on any atom is -0.394 e. The van der Waals surface area contributed by atoms with Crippen LogP contribution in [-0.2, 0) is 39.2 Å². The molecule has 2 saturated heterocycles. The molecule has 2 aromatic rings. The van der Waals surface area contributed by atoms with E-state index in [0.29, 0.717) is 15.8 Å². The Balaban J connectivity index is 1.44. The molecule has 18 nitrogen and oxygen atoms in total. The molecule has 4 rings (SSSR count). The predicted molar refractivity (Wildman–Crippen MR) is 145 cm³/mol. The molecule has 0 radical (unpaired) electrons. The summed E-state index contributed by atoms with van der Waals surface area (Å²) in [5, 5.41) is 61.4. The fourth-order valence-electron chi connectivity index (χ4n) is 4.37. The van der Waals surface area contributed by atoms with Gasteiger partial charge in [-0.15, -0.1) is 17.8 Å². The third kappa shape index (κ3) is 6.55. The lowest BCUT2D eigenvalue weighted by Crippen LogP contribution is -2.61. The van der Waals surface area contributed by atoms with Gasteiger partial charge in [-0.05, 0) is 17.2 Å². The number of hydrogen-bond donors (Lipinski definition) is 10. The topological polar surface area (TPSA) is 303 Å². The quantitative estimate of drug-likeness (QED) is 0.0883. The van der Waals surface area contributed by atoms with Gasteiger partial charge < -0.3 is 65.9 Å². The van der Waals surface area contributed by atoms with E-state index in [4.69, 9.17) is 48.8 Å². The summed E-state index contributed by atoms with van der Waals surface area (Å²) in [4.78, 5) is 28.7. The number of aromatic nitrogens is 2. The zero-order valence-electron chi connectivity index (χ0n) is 21.1. The molecular formula is C20H28N4O14P2S2. The van der Waals surface area contributed by atoms with Crippen molar-refractivity contribution in [3.8, 4) is 12.3 Å². The van der Waals surface area contributed by atoms with E-state index < -0.39 is 88.4 Å². The number of phosphoric ester groups is 1. The Morgan fingerprint density at radius 3 is 2.55 bits per heavy atom. The van der Waals surface area contributed by atoms with Crippen molar-refractivity contribution in [2.45, 2.75) is 60.7 Å². The van der Waals surface area contributed by atoms with Gasteiger partial charge in [0.15, 0.2) is 6.29 Å². The lowest BCUT2D eigenvalue weighted by atomic mass is 9.85. The Bertz CT molecular complexity index is 1430. The standard InChI is InChI=1S/C20H28N4O14P2S2/c1-2-20(22)16(30)9(35-17(20)7-5-42-15-10(7)23-6-24-18(15)21)4-34-40(33,41)38-39(31,32)37-19-13(29)11(27)12(28)14(36-19)8(26)3-25/h1,5-6,8-9,11-14,16-17,19,25-30H,3-4,22H2,(H,31,32)(H,33,41)(H2,21,23,24)/t8-,9+,11?,12?,13?,14?,16+,17-,19?,20+,40?/m0/s1. The van der Waals surface area contributed by atoms with Crippen molar-refractivity contribution in [3.63, 3.8) is 0 Å². The molecule has 0 spiro atoms. The van der Waals surface area contributed by atoms with Gasteiger partial charge >= 0.3 is 14.5 Å². The van der Waals surface area contributed by atoms with Gasteiger partial charge in [-0.2, -0.15) is 0 Å². The van der Waals surface area contributed by atoms with Crippen LogP contribution in [0.3, 0.4) is 0 Å².